The second kappa shape index (κ2) is 14.6. The zero-order valence-electron chi connectivity index (χ0n) is 25.1. The van der Waals surface area contributed by atoms with Crippen LogP contribution in [0, 0.1) is 5.41 Å². The number of rotatable bonds is 10. The zero-order valence-corrected chi connectivity index (χ0v) is 26.0. The van der Waals surface area contributed by atoms with Gasteiger partial charge in [0.25, 0.3) is 0 Å². The first-order valence-corrected chi connectivity index (χ1v) is 15.8. The van der Waals surface area contributed by atoms with Gasteiger partial charge in [-0.3, -0.25) is 15.7 Å². The summed E-state index contributed by atoms with van der Waals surface area (Å²) in [7, 11) is -3.93. The molecule has 2 amide bonds. The van der Waals surface area contributed by atoms with E-state index in [0.29, 0.717) is 28.8 Å². The summed E-state index contributed by atoms with van der Waals surface area (Å²) in [6, 6.07) is 25.0. The first-order chi connectivity index (χ1) is 21.5. The van der Waals surface area contributed by atoms with E-state index in [1.807, 2.05) is 19.9 Å². The maximum absolute atomic E-state index is 13.3. The Balaban J connectivity index is 1.43. The Labute approximate surface area is 262 Å². The highest BCUT2D eigenvalue weighted by Crippen LogP contribution is 2.28. The zero-order chi connectivity index (χ0) is 32.6. The molecule has 0 saturated carbocycles. The van der Waals surface area contributed by atoms with Crippen molar-refractivity contribution in [1.82, 2.24) is 15.2 Å². The fourth-order valence-corrected chi connectivity index (χ4v) is 5.26. The van der Waals surface area contributed by atoms with Gasteiger partial charge in [0.05, 0.1) is 10.6 Å². The first-order valence-electron chi connectivity index (χ1n) is 14.2. The van der Waals surface area contributed by atoms with Crippen LogP contribution in [0.2, 0.25) is 0 Å². The van der Waals surface area contributed by atoms with E-state index in [2.05, 4.69) is 10.3 Å². The quantitative estimate of drug-likeness (QED) is 0.143. The summed E-state index contributed by atoms with van der Waals surface area (Å²) in [6.07, 6.45) is 0.305. The summed E-state index contributed by atoms with van der Waals surface area (Å²) in [5.41, 5.74) is 2.78. The number of sulfonamides is 1. The maximum Gasteiger partial charge on any atom is 0.415 e. The second-order valence-electron chi connectivity index (χ2n) is 10.3. The molecule has 11 nitrogen and oxygen atoms in total. The molecule has 0 radical (unpaired) electrons. The number of nitrogens with two attached hydrogens (primary N) is 1. The molecule has 0 bridgehead atoms. The third kappa shape index (κ3) is 8.74. The Morgan fingerprint density at radius 3 is 2.36 bits per heavy atom. The first kappa shape index (κ1) is 32.8. The minimum atomic E-state index is -3.93. The summed E-state index contributed by atoms with van der Waals surface area (Å²) in [4.78, 5) is 31.5. The largest absolute Gasteiger partial charge is 0.440 e. The van der Waals surface area contributed by atoms with Gasteiger partial charge in [-0.25, -0.2) is 23.1 Å². The maximum atomic E-state index is 13.3. The van der Waals surface area contributed by atoms with Gasteiger partial charge in [0.15, 0.2) is 0 Å². The van der Waals surface area contributed by atoms with Gasteiger partial charge < -0.3 is 14.4 Å². The van der Waals surface area contributed by atoms with E-state index in [0.717, 1.165) is 5.56 Å². The van der Waals surface area contributed by atoms with Crippen molar-refractivity contribution in [2.24, 2.45) is 5.14 Å². The van der Waals surface area contributed by atoms with E-state index in [4.69, 9.17) is 20.0 Å². The van der Waals surface area contributed by atoms with Gasteiger partial charge in [-0.1, -0.05) is 61.5 Å². The van der Waals surface area contributed by atoms with Crippen LogP contribution >= 0.6 is 0 Å². The van der Waals surface area contributed by atoms with E-state index < -0.39 is 28.3 Å². The number of pyridine rings is 1. The Kier molecular flexibility index (Phi) is 10.7. The molecule has 1 heterocycles. The van der Waals surface area contributed by atoms with Crippen molar-refractivity contribution in [3.8, 4) is 16.9 Å². The lowest BCUT2D eigenvalue weighted by Crippen LogP contribution is -2.39. The highest BCUT2D eigenvalue weighted by molar-refractivity contribution is 7.89. The Hall–Kier alpha value is -5.07. The van der Waals surface area contributed by atoms with Gasteiger partial charge in [-0.2, -0.15) is 0 Å². The normalized spacial score (nSPS) is 12.4. The SMILES string of the molecule is CCC(C)N(Cc1cccc(C(=N)NC(=O)OC(C)c2ccccn2)c1)C(=O)Oc1ccc(-c2ccccc2S(N)(=O)=O)cc1. The molecule has 1 aromatic heterocycles. The lowest BCUT2D eigenvalue weighted by molar-refractivity contribution is 0.110. The number of amidine groups is 1. The second-order valence-corrected chi connectivity index (χ2v) is 11.9. The van der Waals surface area contributed by atoms with Crippen molar-refractivity contribution >= 4 is 28.0 Å². The monoisotopic (exact) mass is 629 g/mol. The molecule has 2 unspecified atom stereocenters. The molecular formula is C33H35N5O6S. The molecule has 0 aliphatic carbocycles. The number of hydrogen-bond acceptors (Lipinski definition) is 8. The van der Waals surface area contributed by atoms with Crippen LogP contribution in [0.15, 0.2) is 102 Å². The molecule has 2 atom stereocenters. The number of primary sulfonamides is 1. The van der Waals surface area contributed by atoms with E-state index in [1.165, 1.54) is 6.07 Å². The molecule has 4 aromatic rings. The van der Waals surface area contributed by atoms with Crippen LogP contribution < -0.4 is 15.2 Å². The minimum Gasteiger partial charge on any atom is -0.440 e. The molecule has 0 aliphatic rings. The van der Waals surface area contributed by atoms with E-state index >= 15 is 0 Å². The molecule has 0 fully saturated rings. The predicted octanol–water partition coefficient (Wildman–Crippen LogP) is 6.01. The molecular weight excluding hydrogens is 594 g/mol. The average molecular weight is 630 g/mol. The highest BCUT2D eigenvalue weighted by atomic mass is 32.2. The Morgan fingerprint density at radius 1 is 0.978 bits per heavy atom. The van der Waals surface area contributed by atoms with Crippen LogP contribution in [0.1, 0.15) is 50.1 Å². The number of nitrogens with zero attached hydrogens (tertiary/aromatic N) is 2. The van der Waals surface area contributed by atoms with Crippen molar-refractivity contribution < 1.29 is 27.5 Å². The lowest BCUT2D eigenvalue weighted by atomic mass is 10.1. The van der Waals surface area contributed by atoms with Crippen molar-refractivity contribution in [3.05, 3.63) is 114 Å². The molecule has 234 valence electrons. The summed E-state index contributed by atoms with van der Waals surface area (Å²) >= 11 is 0. The standard InChI is InChI=1S/C33H35N5O6S/c1-4-22(2)38(33(40)44-27-17-15-25(16-18-27)28-12-5-6-14-30(28)45(35,41)42)21-24-10-9-11-26(20-24)31(34)37-32(39)43-23(3)29-13-7-8-19-36-29/h5-20,22-23H,4,21H2,1-3H3,(H2,34,37,39)(H2,35,41,42). The number of carbonyl (C=O) groups is 2. The number of carbonyl (C=O) groups excluding carboxylic acids is 2. The number of alkyl carbamates (subject to hydrolysis) is 1. The van der Waals surface area contributed by atoms with Crippen molar-refractivity contribution in [2.75, 3.05) is 0 Å². The Morgan fingerprint density at radius 2 is 1.69 bits per heavy atom. The third-order valence-corrected chi connectivity index (χ3v) is 8.07. The van der Waals surface area contributed by atoms with E-state index in [9.17, 15) is 18.0 Å². The number of nitrogens with one attached hydrogen (secondary N) is 2. The molecule has 12 heteroatoms. The number of aromatic nitrogens is 1. The highest BCUT2D eigenvalue weighted by Gasteiger charge is 2.23. The fraction of sp³-hybridized carbons (Fsp3) is 0.212. The van der Waals surface area contributed by atoms with Crippen LogP contribution in [-0.4, -0.2) is 42.4 Å². The fourth-order valence-electron chi connectivity index (χ4n) is 4.50. The van der Waals surface area contributed by atoms with Crippen LogP contribution in [0.3, 0.4) is 0 Å². The lowest BCUT2D eigenvalue weighted by Gasteiger charge is -2.28. The van der Waals surface area contributed by atoms with E-state index in [1.54, 1.807) is 96.9 Å². The van der Waals surface area contributed by atoms with E-state index in [-0.39, 0.29) is 29.1 Å². The predicted molar refractivity (Wildman–Crippen MR) is 170 cm³/mol. The summed E-state index contributed by atoms with van der Waals surface area (Å²) in [5, 5.41) is 16.2. The third-order valence-electron chi connectivity index (χ3n) is 7.11. The molecule has 0 aliphatic heterocycles. The molecule has 45 heavy (non-hydrogen) atoms. The van der Waals surface area contributed by atoms with Crippen LogP contribution in [0.4, 0.5) is 9.59 Å². The van der Waals surface area contributed by atoms with Crippen molar-refractivity contribution in [1.29, 1.82) is 5.41 Å². The number of benzene rings is 3. The molecule has 0 spiro atoms. The summed E-state index contributed by atoms with van der Waals surface area (Å²) in [6.45, 7) is 5.74. The van der Waals surface area contributed by atoms with Crippen molar-refractivity contribution in [3.63, 3.8) is 0 Å². The van der Waals surface area contributed by atoms with Crippen LogP contribution in [0.25, 0.3) is 11.1 Å². The van der Waals surface area contributed by atoms with Gasteiger partial charge in [-0.05, 0) is 67.8 Å². The minimum absolute atomic E-state index is 0.000799. The van der Waals surface area contributed by atoms with Crippen LogP contribution in [-0.2, 0) is 21.3 Å². The van der Waals surface area contributed by atoms with Gasteiger partial charge in [0.1, 0.15) is 17.7 Å². The number of ether oxygens (including phenoxy) is 2. The smallest absolute Gasteiger partial charge is 0.415 e. The van der Waals surface area contributed by atoms with Gasteiger partial charge in [-0.15, -0.1) is 0 Å². The number of hydrogen-bond donors (Lipinski definition) is 3. The Bertz CT molecular complexity index is 1760. The van der Waals surface area contributed by atoms with Gasteiger partial charge in [0, 0.05) is 29.9 Å². The molecule has 4 rings (SSSR count). The molecule has 0 saturated heterocycles. The summed E-state index contributed by atoms with van der Waals surface area (Å²) in [5.74, 6) is 0.125. The average Bonchev–Trinajstić information content (AvgIpc) is 3.03. The summed E-state index contributed by atoms with van der Waals surface area (Å²) < 4.78 is 35.1. The topological polar surface area (TPSA) is 165 Å². The van der Waals surface area contributed by atoms with Crippen molar-refractivity contribution in [2.45, 2.75) is 50.8 Å². The number of amides is 2. The van der Waals surface area contributed by atoms with Crippen LogP contribution in [0.5, 0.6) is 5.75 Å². The molecule has 3 aromatic carbocycles. The van der Waals surface area contributed by atoms with Gasteiger partial charge >= 0.3 is 12.2 Å². The van der Waals surface area contributed by atoms with Gasteiger partial charge in [0.2, 0.25) is 10.0 Å². The molecule has 4 N–H and O–H groups in total.